The van der Waals surface area contributed by atoms with Gasteiger partial charge in [0.25, 0.3) is 10.0 Å². The minimum atomic E-state index is -3.54. The third-order valence-corrected chi connectivity index (χ3v) is 6.68. The zero-order valence-electron chi connectivity index (χ0n) is 14.4. The Labute approximate surface area is 147 Å². The summed E-state index contributed by atoms with van der Waals surface area (Å²) in [4.78, 5) is 18.6. The molecule has 0 aromatic carbocycles. The molecule has 1 aromatic rings. The Kier molecular flexibility index (Phi) is 5.30. The highest BCUT2D eigenvalue weighted by Gasteiger charge is 2.33. The van der Waals surface area contributed by atoms with E-state index in [2.05, 4.69) is 9.88 Å². The molecule has 1 unspecified atom stereocenters. The second-order valence-corrected chi connectivity index (χ2v) is 8.70. The van der Waals surface area contributed by atoms with Crippen molar-refractivity contribution in [2.75, 3.05) is 45.8 Å². The van der Waals surface area contributed by atoms with E-state index in [0.29, 0.717) is 39.3 Å². The molecule has 2 fully saturated rings. The Morgan fingerprint density at radius 1 is 1.28 bits per heavy atom. The molecule has 2 saturated heterocycles. The second kappa shape index (κ2) is 7.30. The maximum atomic E-state index is 12.7. The maximum absolute atomic E-state index is 12.7. The van der Waals surface area contributed by atoms with Crippen LogP contribution in [0.25, 0.3) is 0 Å². The van der Waals surface area contributed by atoms with Crippen molar-refractivity contribution in [1.29, 1.82) is 0 Å². The van der Waals surface area contributed by atoms with Crippen molar-refractivity contribution in [3.8, 4) is 0 Å². The lowest BCUT2D eigenvalue weighted by atomic mass is 9.99. The van der Waals surface area contributed by atoms with E-state index in [0.717, 1.165) is 19.4 Å². The van der Waals surface area contributed by atoms with Crippen molar-refractivity contribution in [3.63, 3.8) is 0 Å². The lowest BCUT2D eigenvalue weighted by Crippen LogP contribution is -2.51. The van der Waals surface area contributed by atoms with Crippen LogP contribution >= 0.6 is 0 Å². The predicted molar refractivity (Wildman–Crippen MR) is 90.7 cm³/mol. The standard InChI is InChI=1S/C15H25N5O4S/c1-17-11-14(16-12-17)25(23,24)20-4-2-3-13(10-20)9-18-5-7-19(8-6-18)15(21)22/h11-13H,2-10H2,1H3,(H,21,22). The van der Waals surface area contributed by atoms with Crippen molar-refractivity contribution in [3.05, 3.63) is 12.5 Å². The average molecular weight is 371 g/mol. The number of piperidine rings is 1. The Bertz CT molecular complexity index is 711. The van der Waals surface area contributed by atoms with Crippen LogP contribution < -0.4 is 0 Å². The molecule has 1 amide bonds. The first-order chi connectivity index (χ1) is 11.9. The van der Waals surface area contributed by atoms with Gasteiger partial charge in [0, 0.05) is 59.1 Å². The zero-order chi connectivity index (χ0) is 18.0. The van der Waals surface area contributed by atoms with Gasteiger partial charge in [-0.25, -0.2) is 18.2 Å². The Balaban J connectivity index is 1.57. The summed E-state index contributed by atoms with van der Waals surface area (Å²) in [6.07, 6.45) is 3.99. The topological polar surface area (TPSA) is 99.0 Å². The molecular weight excluding hydrogens is 346 g/mol. The molecule has 1 aromatic heterocycles. The van der Waals surface area contributed by atoms with Gasteiger partial charge in [-0.15, -0.1) is 0 Å². The first-order valence-electron chi connectivity index (χ1n) is 8.54. The van der Waals surface area contributed by atoms with E-state index in [1.165, 1.54) is 21.7 Å². The zero-order valence-corrected chi connectivity index (χ0v) is 15.2. The minimum absolute atomic E-state index is 0.103. The number of sulfonamides is 1. The smallest absolute Gasteiger partial charge is 0.407 e. The number of carboxylic acid groups (broad SMARTS) is 1. The molecule has 0 saturated carbocycles. The van der Waals surface area contributed by atoms with E-state index in [1.807, 2.05) is 0 Å². The summed E-state index contributed by atoms with van der Waals surface area (Å²) >= 11 is 0. The van der Waals surface area contributed by atoms with Crippen LogP contribution in [0.5, 0.6) is 0 Å². The molecule has 1 atom stereocenters. The van der Waals surface area contributed by atoms with Gasteiger partial charge in [0.05, 0.1) is 6.33 Å². The van der Waals surface area contributed by atoms with Crippen LogP contribution in [0.1, 0.15) is 12.8 Å². The normalized spacial score (nSPS) is 23.7. The van der Waals surface area contributed by atoms with Gasteiger partial charge in [0.2, 0.25) is 0 Å². The average Bonchev–Trinajstić information content (AvgIpc) is 3.03. The van der Waals surface area contributed by atoms with Crippen molar-refractivity contribution in [2.45, 2.75) is 17.9 Å². The number of aryl methyl sites for hydroxylation is 1. The van der Waals surface area contributed by atoms with Gasteiger partial charge in [-0.05, 0) is 18.8 Å². The van der Waals surface area contributed by atoms with E-state index in [1.54, 1.807) is 11.6 Å². The highest BCUT2D eigenvalue weighted by Crippen LogP contribution is 2.24. The fourth-order valence-electron chi connectivity index (χ4n) is 3.54. The summed E-state index contributed by atoms with van der Waals surface area (Å²) in [6, 6.07) is 0. The molecule has 0 aliphatic carbocycles. The molecular formula is C15H25N5O4S. The first-order valence-corrected chi connectivity index (χ1v) is 9.98. The molecule has 0 radical (unpaired) electrons. The number of aromatic nitrogens is 2. The first kappa shape index (κ1) is 18.2. The predicted octanol–water partition coefficient (Wildman–Crippen LogP) is 0.116. The van der Waals surface area contributed by atoms with Gasteiger partial charge in [-0.2, -0.15) is 4.31 Å². The fraction of sp³-hybridized carbons (Fsp3) is 0.733. The SMILES string of the molecule is Cn1cnc(S(=O)(=O)N2CCCC(CN3CCN(C(=O)O)CC3)C2)c1. The molecule has 9 nitrogen and oxygen atoms in total. The number of hydrogen-bond donors (Lipinski definition) is 1. The molecule has 2 aliphatic rings. The molecule has 0 spiro atoms. The molecule has 0 bridgehead atoms. The molecule has 140 valence electrons. The van der Waals surface area contributed by atoms with Gasteiger partial charge in [0.1, 0.15) is 0 Å². The number of piperazine rings is 1. The van der Waals surface area contributed by atoms with Gasteiger partial charge >= 0.3 is 6.09 Å². The Morgan fingerprint density at radius 3 is 2.60 bits per heavy atom. The quantitative estimate of drug-likeness (QED) is 0.807. The largest absolute Gasteiger partial charge is 0.465 e. The molecule has 3 rings (SSSR count). The number of imidazole rings is 1. The third kappa shape index (κ3) is 4.13. The summed E-state index contributed by atoms with van der Waals surface area (Å²) in [5, 5.41) is 9.11. The van der Waals surface area contributed by atoms with Gasteiger partial charge in [-0.3, -0.25) is 4.90 Å². The summed E-state index contributed by atoms with van der Waals surface area (Å²) < 4.78 is 28.6. The molecule has 10 heteroatoms. The van der Waals surface area contributed by atoms with Crippen LogP contribution in [0.3, 0.4) is 0 Å². The number of hydrogen-bond acceptors (Lipinski definition) is 5. The highest BCUT2D eigenvalue weighted by molar-refractivity contribution is 7.89. The monoisotopic (exact) mass is 371 g/mol. The van der Waals surface area contributed by atoms with Crippen molar-refractivity contribution in [1.82, 2.24) is 23.7 Å². The van der Waals surface area contributed by atoms with Crippen molar-refractivity contribution in [2.24, 2.45) is 13.0 Å². The Hall–Kier alpha value is -1.65. The summed E-state index contributed by atoms with van der Waals surface area (Å²) in [7, 11) is -1.79. The Morgan fingerprint density at radius 2 is 2.00 bits per heavy atom. The van der Waals surface area contributed by atoms with Gasteiger partial charge in [-0.1, -0.05) is 0 Å². The summed E-state index contributed by atoms with van der Waals surface area (Å²) in [5.41, 5.74) is 0. The van der Waals surface area contributed by atoms with E-state index in [4.69, 9.17) is 5.11 Å². The maximum Gasteiger partial charge on any atom is 0.407 e. The van der Waals surface area contributed by atoms with Crippen molar-refractivity contribution < 1.29 is 18.3 Å². The van der Waals surface area contributed by atoms with Crippen LogP contribution in [0.4, 0.5) is 4.79 Å². The number of rotatable bonds is 4. The highest BCUT2D eigenvalue weighted by atomic mass is 32.2. The van der Waals surface area contributed by atoms with Crippen LogP contribution in [-0.2, 0) is 17.1 Å². The van der Waals surface area contributed by atoms with Crippen LogP contribution in [-0.4, -0.2) is 89.1 Å². The van der Waals surface area contributed by atoms with E-state index >= 15 is 0 Å². The molecule has 3 heterocycles. The molecule has 1 N–H and O–H groups in total. The summed E-state index contributed by atoms with van der Waals surface area (Å²) in [6.45, 7) is 4.27. The van der Waals surface area contributed by atoms with Crippen molar-refractivity contribution >= 4 is 16.1 Å². The van der Waals surface area contributed by atoms with Gasteiger partial charge in [0.15, 0.2) is 5.03 Å². The number of nitrogens with zero attached hydrogens (tertiary/aromatic N) is 5. The second-order valence-electron chi connectivity index (χ2n) is 6.82. The fourth-order valence-corrected chi connectivity index (χ4v) is 5.06. The van der Waals surface area contributed by atoms with Crippen LogP contribution in [0.15, 0.2) is 17.6 Å². The number of amides is 1. The van der Waals surface area contributed by atoms with E-state index in [-0.39, 0.29) is 10.9 Å². The van der Waals surface area contributed by atoms with Gasteiger partial charge < -0.3 is 14.6 Å². The number of carbonyl (C=O) groups is 1. The van der Waals surface area contributed by atoms with E-state index in [9.17, 15) is 13.2 Å². The van der Waals surface area contributed by atoms with Crippen LogP contribution in [0.2, 0.25) is 0 Å². The lowest BCUT2D eigenvalue weighted by Gasteiger charge is -2.38. The minimum Gasteiger partial charge on any atom is -0.465 e. The van der Waals surface area contributed by atoms with E-state index < -0.39 is 16.1 Å². The lowest BCUT2D eigenvalue weighted by molar-refractivity contribution is 0.0914. The van der Waals surface area contributed by atoms with Crippen LogP contribution in [0, 0.1) is 5.92 Å². The third-order valence-electron chi connectivity index (χ3n) is 4.93. The molecule has 2 aliphatic heterocycles. The molecule has 25 heavy (non-hydrogen) atoms. The summed E-state index contributed by atoms with van der Waals surface area (Å²) in [5.74, 6) is 0.267.